The molecule has 0 aliphatic heterocycles. The van der Waals surface area contributed by atoms with Crippen molar-refractivity contribution in [2.24, 2.45) is 0 Å². The highest BCUT2D eigenvalue weighted by Gasteiger charge is 2.09. The van der Waals surface area contributed by atoms with Crippen molar-refractivity contribution in [1.29, 1.82) is 0 Å². The molecule has 0 saturated heterocycles. The SMILES string of the molecule is CCCCC(CC)OC(=O)CC. The Labute approximate surface area is 75.3 Å². The van der Waals surface area contributed by atoms with E-state index < -0.39 is 0 Å². The van der Waals surface area contributed by atoms with Gasteiger partial charge in [-0.15, -0.1) is 0 Å². The number of unbranched alkanes of at least 4 members (excludes halogenated alkanes) is 1. The highest BCUT2D eigenvalue weighted by molar-refractivity contribution is 5.69. The molecule has 0 aliphatic carbocycles. The summed E-state index contributed by atoms with van der Waals surface area (Å²) in [5, 5.41) is 0. The molecule has 0 N–H and O–H groups in total. The van der Waals surface area contributed by atoms with E-state index >= 15 is 0 Å². The average Bonchev–Trinajstić information content (AvgIpc) is 2.11. The summed E-state index contributed by atoms with van der Waals surface area (Å²) in [6.07, 6.45) is 4.90. The zero-order valence-corrected chi connectivity index (χ0v) is 8.43. The summed E-state index contributed by atoms with van der Waals surface area (Å²) in [6, 6.07) is 0. The number of carbonyl (C=O) groups excluding carboxylic acids is 1. The standard InChI is InChI=1S/C10H20O2/c1-4-7-8-9(5-2)12-10(11)6-3/h9H,4-8H2,1-3H3. The first-order chi connectivity index (χ1) is 5.74. The summed E-state index contributed by atoms with van der Waals surface area (Å²) in [6.45, 7) is 6.03. The van der Waals surface area contributed by atoms with Crippen LogP contribution in [0.5, 0.6) is 0 Å². The second kappa shape index (κ2) is 7.14. The van der Waals surface area contributed by atoms with E-state index in [4.69, 9.17) is 4.74 Å². The highest BCUT2D eigenvalue weighted by atomic mass is 16.5. The Morgan fingerprint density at radius 3 is 2.42 bits per heavy atom. The van der Waals surface area contributed by atoms with Crippen LogP contribution in [0.3, 0.4) is 0 Å². The third-order valence-corrected chi connectivity index (χ3v) is 1.92. The minimum atomic E-state index is -0.0713. The fourth-order valence-corrected chi connectivity index (χ4v) is 1.05. The lowest BCUT2D eigenvalue weighted by atomic mass is 10.1. The van der Waals surface area contributed by atoms with Gasteiger partial charge in [-0.3, -0.25) is 4.79 Å². The van der Waals surface area contributed by atoms with Gasteiger partial charge >= 0.3 is 5.97 Å². The van der Waals surface area contributed by atoms with Crippen LogP contribution in [0.4, 0.5) is 0 Å². The maximum absolute atomic E-state index is 10.9. The van der Waals surface area contributed by atoms with E-state index in [1.165, 1.54) is 6.42 Å². The molecule has 0 amide bonds. The van der Waals surface area contributed by atoms with E-state index in [0.717, 1.165) is 19.3 Å². The Kier molecular flexibility index (Phi) is 6.82. The Bertz CT molecular complexity index is 121. The van der Waals surface area contributed by atoms with E-state index in [-0.39, 0.29) is 12.1 Å². The first kappa shape index (κ1) is 11.5. The minimum Gasteiger partial charge on any atom is -0.462 e. The zero-order valence-electron chi connectivity index (χ0n) is 8.43. The fraction of sp³-hybridized carbons (Fsp3) is 0.900. The van der Waals surface area contributed by atoms with Crippen molar-refractivity contribution in [3.05, 3.63) is 0 Å². The van der Waals surface area contributed by atoms with Crippen molar-refractivity contribution in [3.63, 3.8) is 0 Å². The Balaban J connectivity index is 3.59. The summed E-state index contributed by atoms with van der Waals surface area (Å²) in [4.78, 5) is 10.9. The van der Waals surface area contributed by atoms with E-state index in [2.05, 4.69) is 13.8 Å². The molecular weight excluding hydrogens is 152 g/mol. The van der Waals surface area contributed by atoms with Crippen LogP contribution >= 0.6 is 0 Å². The molecule has 0 bridgehead atoms. The molecule has 2 heteroatoms. The number of ether oxygens (including phenoxy) is 1. The maximum atomic E-state index is 10.9. The van der Waals surface area contributed by atoms with E-state index in [1.807, 2.05) is 6.92 Å². The van der Waals surface area contributed by atoms with Crippen LogP contribution in [0.15, 0.2) is 0 Å². The average molecular weight is 172 g/mol. The first-order valence-electron chi connectivity index (χ1n) is 4.94. The monoisotopic (exact) mass is 172 g/mol. The lowest BCUT2D eigenvalue weighted by Crippen LogP contribution is -2.16. The van der Waals surface area contributed by atoms with Gasteiger partial charge in [0.1, 0.15) is 6.10 Å². The van der Waals surface area contributed by atoms with Crippen molar-refractivity contribution in [3.8, 4) is 0 Å². The molecule has 1 atom stereocenters. The van der Waals surface area contributed by atoms with Crippen LogP contribution in [-0.4, -0.2) is 12.1 Å². The van der Waals surface area contributed by atoms with Crippen LogP contribution in [0.25, 0.3) is 0 Å². The summed E-state index contributed by atoms with van der Waals surface area (Å²) >= 11 is 0. The number of esters is 1. The molecule has 0 fully saturated rings. The molecule has 0 aromatic rings. The lowest BCUT2D eigenvalue weighted by Gasteiger charge is -2.14. The molecule has 0 rings (SSSR count). The van der Waals surface area contributed by atoms with Crippen molar-refractivity contribution in [1.82, 2.24) is 0 Å². The van der Waals surface area contributed by atoms with Crippen molar-refractivity contribution < 1.29 is 9.53 Å². The van der Waals surface area contributed by atoms with Gasteiger partial charge in [-0.1, -0.05) is 33.6 Å². The van der Waals surface area contributed by atoms with Crippen LogP contribution in [0.2, 0.25) is 0 Å². The molecule has 0 saturated carbocycles. The van der Waals surface area contributed by atoms with Gasteiger partial charge in [-0.05, 0) is 12.8 Å². The molecule has 0 radical (unpaired) electrons. The van der Waals surface area contributed by atoms with Gasteiger partial charge in [0, 0.05) is 6.42 Å². The molecule has 0 aromatic carbocycles. The van der Waals surface area contributed by atoms with Crippen molar-refractivity contribution >= 4 is 5.97 Å². The smallest absolute Gasteiger partial charge is 0.305 e. The number of rotatable bonds is 6. The fourth-order valence-electron chi connectivity index (χ4n) is 1.05. The van der Waals surface area contributed by atoms with E-state index in [1.54, 1.807) is 0 Å². The van der Waals surface area contributed by atoms with Crippen LogP contribution in [-0.2, 0) is 9.53 Å². The topological polar surface area (TPSA) is 26.3 Å². The summed E-state index contributed by atoms with van der Waals surface area (Å²) in [7, 11) is 0. The molecule has 0 heterocycles. The quantitative estimate of drug-likeness (QED) is 0.576. The van der Waals surface area contributed by atoms with Crippen LogP contribution in [0, 0.1) is 0 Å². The predicted octanol–water partition coefficient (Wildman–Crippen LogP) is 2.91. The molecule has 0 spiro atoms. The van der Waals surface area contributed by atoms with Gasteiger partial charge in [0.25, 0.3) is 0 Å². The predicted molar refractivity (Wildman–Crippen MR) is 50.0 cm³/mol. The molecule has 1 unspecified atom stereocenters. The van der Waals surface area contributed by atoms with Gasteiger partial charge in [-0.2, -0.15) is 0 Å². The second-order valence-corrected chi connectivity index (χ2v) is 3.02. The van der Waals surface area contributed by atoms with Gasteiger partial charge in [0.15, 0.2) is 0 Å². The Morgan fingerprint density at radius 1 is 1.33 bits per heavy atom. The minimum absolute atomic E-state index is 0.0713. The van der Waals surface area contributed by atoms with Crippen molar-refractivity contribution in [2.45, 2.75) is 59.0 Å². The number of hydrogen-bond donors (Lipinski definition) is 0. The third-order valence-electron chi connectivity index (χ3n) is 1.92. The largest absolute Gasteiger partial charge is 0.462 e. The third kappa shape index (κ3) is 5.16. The molecule has 0 aromatic heterocycles. The van der Waals surface area contributed by atoms with Crippen LogP contribution < -0.4 is 0 Å². The van der Waals surface area contributed by atoms with Gasteiger partial charge < -0.3 is 4.74 Å². The molecule has 0 aliphatic rings. The summed E-state index contributed by atoms with van der Waals surface area (Å²) in [5.74, 6) is -0.0713. The molecular formula is C10H20O2. The van der Waals surface area contributed by atoms with Crippen molar-refractivity contribution in [2.75, 3.05) is 0 Å². The molecule has 12 heavy (non-hydrogen) atoms. The molecule has 72 valence electrons. The van der Waals surface area contributed by atoms with Crippen LogP contribution in [0.1, 0.15) is 52.9 Å². The second-order valence-electron chi connectivity index (χ2n) is 3.02. The van der Waals surface area contributed by atoms with E-state index in [9.17, 15) is 4.79 Å². The summed E-state index contributed by atoms with van der Waals surface area (Å²) in [5.41, 5.74) is 0. The maximum Gasteiger partial charge on any atom is 0.305 e. The summed E-state index contributed by atoms with van der Waals surface area (Å²) < 4.78 is 5.21. The van der Waals surface area contributed by atoms with E-state index in [0.29, 0.717) is 6.42 Å². The zero-order chi connectivity index (χ0) is 9.40. The normalized spacial score (nSPS) is 12.6. The Hall–Kier alpha value is -0.530. The number of hydrogen-bond acceptors (Lipinski definition) is 2. The highest BCUT2D eigenvalue weighted by Crippen LogP contribution is 2.09. The van der Waals surface area contributed by atoms with Gasteiger partial charge in [-0.25, -0.2) is 0 Å². The number of carbonyl (C=O) groups is 1. The Morgan fingerprint density at radius 2 is 2.00 bits per heavy atom. The van der Waals surface area contributed by atoms with Gasteiger partial charge in [0.05, 0.1) is 0 Å². The lowest BCUT2D eigenvalue weighted by molar-refractivity contribution is -0.149. The first-order valence-corrected chi connectivity index (χ1v) is 4.94. The molecule has 2 nitrogen and oxygen atoms in total. The van der Waals surface area contributed by atoms with Gasteiger partial charge in [0.2, 0.25) is 0 Å².